The van der Waals surface area contributed by atoms with Crippen molar-refractivity contribution in [1.82, 2.24) is 0 Å². The molecule has 1 atom stereocenters. The lowest BCUT2D eigenvalue weighted by Crippen LogP contribution is -2.24. The Bertz CT molecular complexity index is 171. The van der Waals surface area contributed by atoms with Crippen LogP contribution in [0.5, 0.6) is 0 Å². The van der Waals surface area contributed by atoms with Crippen molar-refractivity contribution in [3.63, 3.8) is 0 Å². The van der Waals surface area contributed by atoms with Gasteiger partial charge < -0.3 is 4.74 Å². The molecule has 1 saturated carbocycles. The highest BCUT2D eigenvalue weighted by Crippen LogP contribution is 2.21. The summed E-state index contributed by atoms with van der Waals surface area (Å²) in [7, 11) is 0. The van der Waals surface area contributed by atoms with E-state index in [4.69, 9.17) is 4.74 Å². The van der Waals surface area contributed by atoms with Crippen LogP contribution < -0.4 is 0 Å². The molecule has 0 spiro atoms. The Morgan fingerprint density at radius 2 is 2.00 bits per heavy atom. The summed E-state index contributed by atoms with van der Waals surface area (Å²) in [6.07, 6.45) is 8.12. The first-order chi connectivity index (χ1) is 6.74. The summed E-state index contributed by atoms with van der Waals surface area (Å²) in [4.78, 5) is 11.6. The SMILES string of the molecule is CCC[C@@H](C)C(=O)OC1CCCCC1. The number of ether oxygens (including phenoxy) is 1. The summed E-state index contributed by atoms with van der Waals surface area (Å²) < 4.78 is 5.47. The van der Waals surface area contributed by atoms with Crippen molar-refractivity contribution in [3.8, 4) is 0 Å². The van der Waals surface area contributed by atoms with Crippen molar-refractivity contribution < 1.29 is 9.53 Å². The second kappa shape index (κ2) is 6.05. The van der Waals surface area contributed by atoms with Crippen molar-refractivity contribution in [2.75, 3.05) is 0 Å². The van der Waals surface area contributed by atoms with Gasteiger partial charge in [-0.15, -0.1) is 0 Å². The van der Waals surface area contributed by atoms with E-state index in [9.17, 15) is 4.79 Å². The van der Waals surface area contributed by atoms with Gasteiger partial charge in [-0.25, -0.2) is 0 Å². The van der Waals surface area contributed by atoms with Crippen LogP contribution in [0.25, 0.3) is 0 Å². The molecule has 0 aliphatic heterocycles. The molecule has 14 heavy (non-hydrogen) atoms. The molecule has 1 aliphatic carbocycles. The summed E-state index contributed by atoms with van der Waals surface area (Å²) in [5.41, 5.74) is 0. The zero-order valence-electron chi connectivity index (χ0n) is 9.42. The van der Waals surface area contributed by atoms with Crippen molar-refractivity contribution in [2.45, 2.75) is 64.9 Å². The van der Waals surface area contributed by atoms with Crippen LogP contribution in [0.1, 0.15) is 58.8 Å². The summed E-state index contributed by atoms with van der Waals surface area (Å²) in [5, 5.41) is 0. The van der Waals surface area contributed by atoms with E-state index in [0.29, 0.717) is 0 Å². The topological polar surface area (TPSA) is 26.3 Å². The first-order valence-corrected chi connectivity index (χ1v) is 5.94. The third kappa shape index (κ3) is 3.69. The van der Waals surface area contributed by atoms with Gasteiger partial charge in [0.25, 0.3) is 0 Å². The Morgan fingerprint density at radius 1 is 1.36 bits per heavy atom. The predicted molar refractivity (Wildman–Crippen MR) is 57.0 cm³/mol. The fourth-order valence-electron chi connectivity index (χ4n) is 2.01. The van der Waals surface area contributed by atoms with Crippen molar-refractivity contribution in [2.24, 2.45) is 5.92 Å². The number of hydrogen-bond donors (Lipinski definition) is 0. The molecular weight excluding hydrogens is 176 g/mol. The molecular formula is C12H22O2. The van der Waals surface area contributed by atoms with Crippen molar-refractivity contribution >= 4 is 5.97 Å². The second-order valence-electron chi connectivity index (χ2n) is 4.39. The van der Waals surface area contributed by atoms with E-state index in [1.54, 1.807) is 0 Å². The molecule has 82 valence electrons. The van der Waals surface area contributed by atoms with Gasteiger partial charge in [0, 0.05) is 0 Å². The lowest BCUT2D eigenvalue weighted by atomic mass is 9.97. The molecule has 1 fully saturated rings. The summed E-state index contributed by atoms with van der Waals surface area (Å²) in [6, 6.07) is 0. The fraction of sp³-hybridized carbons (Fsp3) is 0.917. The molecule has 0 heterocycles. The highest BCUT2D eigenvalue weighted by Gasteiger charge is 2.20. The predicted octanol–water partition coefficient (Wildman–Crippen LogP) is 3.30. The van der Waals surface area contributed by atoms with Crippen LogP contribution in [0.3, 0.4) is 0 Å². The van der Waals surface area contributed by atoms with Gasteiger partial charge in [0.2, 0.25) is 0 Å². The van der Waals surface area contributed by atoms with Crippen molar-refractivity contribution in [1.29, 1.82) is 0 Å². The molecule has 1 rings (SSSR count). The van der Waals surface area contributed by atoms with Gasteiger partial charge in [0.05, 0.1) is 5.92 Å². The molecule has 0 aromatic rings. The molecule has 2 heteroatoms. The summed E-state index contributed by atoms with van der Waals surface area (Å²) >= 11 is 0. The zero-order valence-corrected chi connectivity index (χ0v) is 9.42. The van der Waals surface area contributed by atoms with Crippen LogP contribution in [0.2, 0.25) is 0 Å². The molecule has 0 N–H and O–H groups in total. The molecule has 0 unspecified atom stereocenters. The van der Waals surface area contributed by atoms with Crippen LogP contribution in [0.15, 0.2) is 0 Å². The van der Waals surface area contributed by atoms with E-state index in [2.05, 4.69) is 6.92 Å². The van der Waals surface area contributed by atoms with E-state index in [0.717, 1.165) is 25.7 Å². The summed E-state index contributed by atoms with van der Waals surface area (Å²) in [5.74, 6) is 0.0978. The number of rotatable bonds is 4. The molecule has 0 amide bonds. The molecule has 1 aliphatic rings. The van der Waals surface area contributed by atoms with E-state index >= 15 is 0 Å². The van der Waals surface area contributed by atoms with E-state index in [1.165, 1.54) is 19.3 Å². The van der Waals surface area contributed by atoms with Gasteiger partial charge in [-0.3, -0.25) is 4.79 Å². The summed E-state index contributed by atoms with van der Waals surface area (Å²) in [6.45, 7) is 4.07. The maximum atomic E-state index is 11.6. The Morgan fingerprint density at radius 3 is 2.57 bits per heavy atom. The third-order valence-electron chi connectivity index (χ3n) is 2.96. The molecule has 0 saturated heterocycles. The lowest BCUT2D eigenvalue weighted by Gasteiger charge is -2.23. The van der Waals surface area contributed by atoms with Gasteiger partial charge in [-0.1, -0.05) is 26.7 Å². The Kier molecular flexibility index (Phi) is 4.99. The lowest BCUT2D eigenvalue weighted by molar-refractivity contribution is -0.155. The minimum Gasteiger partial charge on any atom is -0.462 e. The fourth-order valence-corrected chi connectivity index (χ4v) is 2.01. The van der Waals surface area contributed by atoms with Gasteiger partial charge in [-0.05, 0) is 32.1 Å². The smallest absolute Gasteiger partial charge is 0.308 e. The monoisotopic (exact) mass is 198 g/mol. The number of hydrogen-bond acceptors (Lipinski definition) is 2. The molecule has 0 aromatic carbocycles. The van der Waals surface area contributed by atoms with Crippen LogP contribution in [0.4, 0.5) is 0 Å². The maximum absolute atomic E-state index is 11.6. The Labute approximate surface area is 87.0 Å². The minimum atomic E-state index is 0.0127. The number of esters is 1. The molecule has 2 nitrogen and oxygen atoms in total. The van der Waals surface area contributed by atoms with Crippen LogP contribution in [-0.4, -0.2) is 12.1 Å². The quantitative estimate of drug-likeness (QED) is 0.648. The van der Waals surface area contributed by atoms with E-state index < -0.39 is 0 Å². The minimum absolute atomic E-state index is 0.0127. The zero-order chi connectivity index (χ0) is 10.4. The third-order valence-corrected chi connectivity index (χ3v) is 2.96. The van der Waals surface area contributed by atoms with E-state index in [-0.39, 0.29) is 18.0 Å². The van der Waals surface area contributed by atoms with Gasteiger partial charge in [-0.2, -0.15) is 0 Å². The first-order valence-electron chi connectivity index (χ1n) is 5.94. The normalized spacial score (nSPS) is 20.4. The maximum Gasteiger partial charge on any atom is 0.308 e. The molecule has 0 radical (unpaired) electrons. The molecule has 0 aromatic heterocycles. The molecule has 0 bridgehead atoms. The number of carbonyl (C=O) groups excluding carboxylic acids is 1. The highest BCUT2D eigenvalue weighted by atomic mass is 16.5. The average molecular weight is 198 g/mol. The van der Waals surface area contributed by atoms with Crippen LogP contribution in [-0.2, 0) is 9.53 Å². The largest absolute Gasteiger partial charge is 0.462 e. The van der Waals surface area contributed by atoms with Gasteiger partial charge in [0.15, 0.2) is 0 Å². The van der Waals surface area contributed by atoms with Crippen LogP contribution in [0, 0.1) is 5.92 Å². The standard InChI is InChI=1S/C12H22O2/c1-3-7-10(2)12(13)14-11-8-5-4-6-9-11/h10-11H,3-9H2,1-2H3/t10-/m1/s1. The number of carbonyl (C=O) groups is 1. The Hall–Kier alpha value is -0.530. The highest BCUT2D eigenvalue weighted by molar-refractivity contribution is 5.72. The van der Waals surface area contributed by atoms with Gasteiger partial charge in [0.1, 0.15) is 6.10 Å². The van der Waals surface area contributed by atoms with Crippen molar-refractivity contribution in [3.05, 3.63) is 0 Å². The average Bonchev–Trinajstić information content (AvgIpc) is 2.19. The first kappa shape index (κ1) is 11.5. The van der Waals surface area contributed by atoms with Gasteiger partial charge >= 0.3 is 5.97 Å². The van der Waals surface area contributed by atoms with E-state index in [1.807, 2.05) is 6.92 Å². The second-order valence-corrected chi connectivity index (χ2v) is 4.39. The van der Waals surface area contributed by atoms with Crippen LogP contribution >= 0.6 is 0 Å². The Balaban J connectivity index is 2.24.